The van der Waals surface area contributed by atoms with Crippen LogP contribution < -0.4 is 5.32 Å². The van der Waals surface area contributed by atoms with E-state index in [9.17, 15) is 0 Å². The molecule has 0 aromatic heterocycles. The topological polar surface area (TPSA) is 16.6 Å². The van der Waals surface area contributed by atoms with E-state index in [-0.39, 0.29) is 0 Å². The minimum absolute atomic E-state index is 0.894. The summed E-state index contributed by atoms with van der Waals surface area (Å²) < 4.78 is 0. The molecule has 1 atom stereocenters. The summed E-state index contributed by atoms with van der Waals surface area (Å²) in [6.07, 6.45) is 1.31. The van der Waals surface area contributed by atoms with Gasteiger partial charge in [0.15, 0.2) is 0 Å². The Kier molecular flexibility index (Phi) is 4.10. The summed E-state index contributed by atoms with van der Waals surface area (Å²) in [5.74, 6) is 0.894. The summed E-state index contributed by atoms with van der Waals surface area (Å²) >= 11 is 0. The second-order valence-electron chi connectivity index (χ2n) is 2.16. The molecule has 0 saturated carbocycles. The van der Waals surface area contributed by atoms with Crippen LogP contribution in [0.15, 0.2) is 0 Å². The Morgan fingerprint density at radius 3 is 2.29 bits per heavy atom. The van der Waals surface area contributed by atoms with E-state index in [2.05, 4.69) is 26.2 Å². The van der Waals surface area contributed by atoms with Gasteiger partial charge in [-0.2, -0.15) is 0 Å². The molecule has 2 N–H and O–H groups in total. The molecular weight excluding hydrogens is 86.1 g/mol. The van der Waals surface area contributed by atoms with Crippen molar-refractivity contribution < 1.29 is 5.32 Å². The van der Waals surface area contributed by atoms with Crippen molar-refractivity contribution >= 4 is 0 Å². The number of quaternary nitrogens is 1. The molecular formula is C6H16N+. The molecule has 0 rings (SSSR count). The van der Waals surface area contributed by atoms with Gasteiger partial charge in [0.05, 0.1) is 13.6 Å². The third-order valence-electron chi connectivity index (χ3n) is 1.33. The molecule has 0 bridgehead atoms. The largest absolute Gasteiger partial charge is 0.348 e. The van der Waals surface area contributed by atoms with Crippen molar-refractivity contribution in [1.29, 1.82) is 0 Å². The molecule has 0 heterocycles. The van der Waals surface area contributed by atoms with E-state index in [1.807, 2.05) is 0 Å². The van der Waals surface area contributed by atoms with Gasteiger partial charge in [-0.3, -0.25) is 0 Å². The molecule has 0 aliphatic carbocycles. The fourth-order valence-corrected chi connectivity index (χ4v) is 0.569. The zero-order valence-corrected chi connectivity index (χ0v) is 5.57. The van der Waals surface area contributed by atoms with Gasteiger partial charge in [0, 0.05) is 5.92 Å². The summed E-state index contributed by atoms with van der Waals surface area (Å²) in [6, 6.07) is 0. The van der Waals surface area contributed by atoms with Gasteiger partial charge in [-0.1, -0.05) is 13.8 Å². The standard InChI is InChI=1S/C6H15N/c1-4-6(2)5-7-3/h6-7H,4-5H2,1-3H3/p+1. The molecule has 0 aromatic rings. The lowest BCUT2D eigenvalue weighted by Crippen LogP contribution is -2.81. The Morgan fingerprint density at radius 2 is 2.14 bits per heavy atom. The Bertz CT molecular complexity index is 35.2. The highest BCUT2D eigenvalue weighted by Gasteiger charge is 1.95. The second-order valence-corrected chi connectivity index (χ2v) is 2.16. The smallest absolute Gasteiger partial charge is 0.0779 e. The number of hydrogen-bond donors (Lipinski definition) is 1. The Labute approximate surface area is 46.1 Å². The van der Waals surface area contributed by atoms with Crippen molar-refractivity contribution in [2.75, 3.05) is 13.6 Å². The highest BCUT2D eigenvalue weighted by Crippen LogP contribution is 1.93. The molecule has 0 spiro atoms. The Balaban J connectivity index is 2.83. The van der Waals surface area contributed by atoms with Crippen LogP contribution in [0.3, 0.4) is 0 Å². The minimum atomic E-state index is 0.894. The third-order valence-corrected chi connectivity index (χ3v) is 1.33. The van der Waals surface area contributed by atoms with Crippen LogP contribution in [0.2, 0.25) is 0 Å². The first-order chi connectivity index (χ1) is 3.31. The minimum Gasteiger partial charge on any atom is -0.348 e. The van der Waals surface area contributed by atoms with Crippen LogP contribution in [-0.4, -0.2) is 13.6 Å². The first kappa shape index (κ1) is 6.96. The van der Waals surface area contributed by atoms with E-state index in [4.69, 9.17) is 0 Å². The summed E-state index contributed by atoms with van der Waals surface area (Å²) in [5, 5.41) is 2.23. The fraction of sp³-hybridized carbons (Fsp3) is 1.00. The van der Waals surface area contributed by atoms with Gasteiger partial charge in [-0.05, 0) is 6.42 Å². The molecule has 0 fully saturated rings. The zero-order chi connectivity index (χ0) is 5.70. The van der Waals surface area contributed by atoms with Gasteiger partial charge in [-0.25, -0.2) is 0 Å². The maximum absolute atomic E-state index is 2.28. The van der Waals surface area contributed by atoms with Gasteiger partial charge < -0.3 is 5.32 Å². The van der Waals surface area contributed by atoms with Crippen molar-refractivity contribution in [3.05, 3.63) is 0 Å². The molecule has 44 valence electrons. The molecule has 1 unspecified atom stereocenters. The maximum atomic E-state index is 2.28. The highest BCUT2D eigenvalue weighted by atomic mass is 14.8. The molecule has 0 radical (unpaired) electrons. The molecule has 7 heavy (non-hydrogen) atoms. The Hall–Kier alpha value is -0.0400. The molecule has 0 aliphatic rings. The van der Waals surface area contributed by atoms with Crippen LogP contribution in [0.1, 0.15) is 20.3 Å². The first-order valence-corrected chi connectivity index (χ1v) is 3.09. The molecule has 0 amide bonds. The van der Waals surface area contributed by atoms with Gasteiger partial charge >= 0.3 is 0 Å². The SMILES string of the molecule is CCC(C)C[NH2+]C. The predicted molar refractivity (Wildman–Crippen MR) is 32.2 cm³/mol. The van der Waals surface area contributed by atoms with E-state index < -0.39 is 0 Å². The van der Waals surface area contributed by atoms with Crippen molar-refractivity contribution in [2.24, 2.45) is 5.92 Å². The lowest BCUT2D eigenvalue weighted by Gasteiger charge is -2.01. The van der Waals surface area contributed by atoms with Crippen molar-refractivity contribution in [3.8, 4) is 0 Å². The number of hydrogen-bond acceptors (Lipinski definition) is 0. The summed E-state index contributed by atoms with van der Waals surface area (Å²) in [4.78, 5) is 0. The average molecular weight is 102 g/mol. The molecule has 1 heteroatoms. The fourth-order valence-electron chi connectivity index (χ4n) is 0.569. The zero-order valence-electron chi connectivity index (χ0n) is 5.57. The van der Waals surface area contributed by atoms with Gasteiger partial charge in [0.1, 0.15) is 0 Å². The molecule has 0 aliphatic heterocycles. The number of rotatable bonds is 3. The molecule has 0 aromatic carbocycles. The van der Waals surface area contributed by atoms with Crippen LogP contribution in [0.4, 0.5) is 0 Å². The van der Waals surface area contributed by atoms with Gasteiger partial charge in [0.2, 0.25) is 0 Å². The number of nitrogens with two attached hydrogens (primary N) is 1. The van der Waals surface area contributed by atoms with Crippen LogP contribution >= 0.6 is 0 Å². The van der Waals surface area contributed by atoms with Crippen LogP contribution in [0.25, 0.3) is 0 Å². The van der Waals surface area contributed by atoms with E-state index in [0.717, 1.165) is 5.92 Å². The maximum Gasteiger partial charge on any atom is 0.0779 e. The van der Waals surface area contributed by atoms with E-state index in [1.165, 1.54) is 13.0 Å². The summed E-state index contributed by atoms with van der Waals surface area (Å²) in [5.41, 5.74) is 0. The van der Waals surface area contributed by atoms with E-state index >= 15 is 0 Å². The lowest BCUT2D eigenvalue weighted by molar-refractivity contribution is -0.632. The van der Waals surface area contributed by atoms with Crippen molar-refractivity contribution in [2.45, 2.75) is 20.3 Å². The summed E-state index contributed by atoms with van der Waals surface area (Å²) in [7, 11) is 2.12. The molecule has 0 saturated heterocycles. The van der Waals surface area contributed by atoms with Crippen LogP contribution in [-0.2, 0) is 0 Å². The average Bonchev–Trinajstić information content (AvgIpc) is 1.68. The predicted octanol–water partition coefficient (Wildman–Crippen LogP) is 0.226. The van der Waals surface area contributed by atoms with E-state index in [0.29, 0.717) is 0 Å². The van der Waals surface area contributed by atoms with Gasteiger partial charge in [0.25, 0.3) is 0 Å². The Morgan fingerprint density at radius 1 is 1.57 bits per heavy atom. The van der Waals surface area contributed by atoms with Crippen molar-refractivity contribution in [1.82, 2.24) is 0 Å². The third kappa shape index (κ3) is 3.80. The molecule has 1 nitrogen and oxygen atoms in total. The van der Waals surface area contributed by atoms with E-state index in [1.54, 1.807) is 0 Å². The summed E-state index contributed by atoms with van der Waals surface area (Å²) in [6.45, 7) is 5.78. The van der Waals surface area contributed by atoms with Crippen LogP contribution in [0.5, 0.6) is 0 Å². The van der Waals surface area contributed by atoms with Crippen LogP contribution in [0, 0.1) is 5.92 Å². The quantitative estimate of drug-likeness (QED) is 0.525. The highest BCUT2D eigenvalue weighted by molar-refractivity contribution is 4.41. The monoisotopic (exact) mass is 102 g/mol. The first-order valence-electron chi connectivity index (χ1n) is 3.09. The lowest BCUT2D eigenvalue weighted by atomic mass is 10.1. The normalized spacial score (nSPS) is 14.1. The van der Waals surface area contributed by atoms with Gasteiger partial charge in [-0.15, -0.1) is 0 Å². The van der Waals surface area contributed by atoms with Crippen molar-refractivity contribution in [3.63, 3.8) is 0 Å². The second kappa shape index (κ2) is 4.13.